The Morgan fingerprint density at radius 1 is 1.06 bits per heavy atom. The molecule has 17 heavy (non-hydrogen) atoms. The molecule has 0 saturated heterocycles. The van der Waals surface area contributed by atoms with Crippen LogP contribution < -0.4 is 0 Å². The molecule has 0 fully saturated rings. The van der Waals surface area contributed by atoms with Gasteiger partial charge in [-0.25, -0.2) is 0 Å². The van der Waals surface area contributed by atoms with E-state index in [0.29, 0.717) is 0 Å². The molecule has 0 heterocycles. The van der Waals surface area contributed by atoms with Gasteiger partial charge in [-0.1, -0.05) is 42.5 Å². The molecule has 0 aliphatic heterocycles. The lowest BCUT2D eigenvalue weighted by Gasteiger charge is -2.17. The molecule has 2 heteroatoms. The van der Waals surface area contributed by atoms with Gasteiger partial charge in [-0.15, -0.1) is 11.6 Å². The first-order chi connectivity index (χ1) is 8.31. The van der Waals surface area contributed by atoms with E-state index in [0.717, 1.165) is 25.4 Å². The molecule has 0 aliphatic carbocycles. The predicted octanol–water partition coefficient (Wildman–Crippen LogP) is 3.90. The monoisotopic (exact) mass is 247 g/mol. The van der Waals surface area contributed by atoms with Crippen LogP contribution in [0.1, 0.15) is 12.0 Å². The van der Waals surface area contributed by atoms with Crippen LogP contribution in [0, 0.1) is 0 Å². The standard InChI is InChI=1S/C15H18ClN/c1-17(11-5-10-16)12-14-8-4-7-13-6-2-3-9-15(13)14/h2-4,6-9H,5,10-12H2,1H3. The van der Waals surface area contributed by atoms with Crippen molar-refractivity contribution in [3.63, 3.8) is 0 Å². The van der Waals surface area contributed by atoms with Crippen molar-refractivity contribution in [3.8, 4) is 0 Å². The third-order valence-corrected chi connectivity index (χ3v) is 3.26. The summed E-state index contributed by atoms with van der Waals surface area (Å²) in [5.41, 5.74) is 1.39. The fourth-order valence-corrected chi connectivity index (χ4v) is 2.25. The largest absolute Gasteiger partial charge is 0.302 e. The molecule has 90 valence electrons. The molecule has 0 aromatic heterocycles. The highest BCUT2D eigenvalue weighted by Crippen LogP contribution is 2.19. The Hall–Kier alpha value is -1.05. The molecule has 2 rings (SSSR count). The highest BCUT2D eigenvalue weighted by atomic mass is 35.5. The van der Waals surface area contributed by atoms with Crippen molar-refractivity contribution in [1.29, 1.82) is 0 Å². The quantitative estimate of drug-likeness (QED) is 0.725. The Kier molecular flexibility index (Phi) is 4.41. The fraction of sp³-hybridized carbons (Fsp3) is 0.333. The molecule has 2 aromatic rings. The van der Waals surface area contributed by atoms with Gasteiger partial charge in [-0.3, -0.25) is 0 Å². The van der Waals surface area contributed by atoms with Crippen LogP contribution in [-0.4, -0.2) is 24.4 Å². The van der Waals surface area contributed by atoms with E-state index in [1.807, 2.05) is 0 Å². The Morgan fingerprint density at radius 2 is 1.82 bits per heavy atom. The van der Waals surface area contributed by atoms with E-state index in [1.54, 1.807) is 0 Å². The van der Waals surface area contributed by atoms with Gasteiger partial charge in [0.25, 0.3) is 0 Å². The lowest BCUT2D eigenvalue weighted by molar-refractivity contribution is 0.329. The average molecular weight is 248 g/mol. The Labute approximate surface area is 108 Å². The van der Waals surface area contributed by atoms with Gasteiger partial charge < -0.3 is 4.90 Å². The molecule has 0 aliphatic rings. The van der Waals surface area contributed by atoms with Gasteiger partial charge in [-0.05, 0) is 36.3 Å². The second kappa shape index (κ2) is 6.04. The topological polar surface area (TPSA) is 3.24 Å². The zero-order valence-corrected chi connectivity index (χ0v) is 11.0. The average Bonchev–Trinajstić information content (AvgIpc) is 2.37. The Morgan fingerprint density at radius 3 is 2.65 bits per heavy atom. The lowest BCUT2D eigenvalue weighted by atomic mass is 10.0. The van der Waals surface area contributed by atoms with Crippen molar-refractivity contribution in [3.05, 3.63) is 48.0 Å². The molecule has 2 aromatic carbocycles. The van der Waals surface area contributed by atoms with Gasteiger partial charge in [0.15, 0.2) is 0 Å². The number of benzene rings is 2. The summed E-state index contributed by atoms with van der Waals surface area (Å²) < 4.78 is 0. The van der Waals surface area contributed by atoms with Gasteiger partial charge in [0.1, 0.15) is 0 Å². The van der Waals surface area contributed by atoms with Crippen LogP contribution in [0.4, 0.5) is 0 Å². The van der Waals surface area contributed by atoms with E-state index >= 15 is 0 Å². The number of nitrogens with zero attached hydrogens (tertiary/aromatic N) is 1. The summed E-state index contributed by atoms with van der Waals surface area (Å²) in [5, 5.41) is 2.67. The second-order valence-corrected chi connectivity index (χ2v) is 4.80. The number of hydrogen-bond acceptors (Lipinski definition) is 1. The minimum absolute atomic E-state index is 0.736. The Bertz CT molecular complexity index is 476. The number of alkyl halides is 1. The molecule has 0 radical (unpaired) electrons. The van der Waals surface area contributed by atoms with Crippen LogP contribution >= 0.6 is 11.6 Å². The first-order valence-electron chi connectivity index (χ1n) is 6.02. The fourth-order valence-electron chi connectivity index (χ4n) is 2.13. The van der Waals surface area contributed by atoms with Crippen LogP contribution in [0.25, 0.3) is 10.8 Å². The summed E-state index contributed by atoms with van der Waals surface area (Å²) in [6.07, 6.45) is 1.04. The molecular weight excluding hydrogens is 230 g/mol. The van der Waals surface area contributed by atoms with Crippen molar-refractivity contribution in [2.45, 2.75) is 13.0 Å². The highest BCUT2D eigenvalue weighted by molar-refractivity contribution is 6.17. The number of hydrogen-bond donors (Lipinski definition) is 0. The summed E-state index contributed by atoms with van der Waals surface area (Å²) in [6.45, 7) is 2.03. The van der Waals surface area contributed by atoms with Crippen LogP contribution in [0.2, 0.25) is 0 Å². The van der Waals surface area contributed by atoms with Gasteiger partial charge in [0, 0.05) is 12.4 Å². The number of halogens is 1. The molecular formula is C15H18ClN. The SMILES string of the molecule is CN(CCCCl)Cc1cccc2ccccc12. The van der Waals surface area contributed by atoms with Crippen LogP contribution in [0.5, 0.6) is 0 Å². The predicted molar refractivity (Wildman–Crippen MR) is 75.6 cm³/mol. The van der Waals surface area contributed by atoms with Crippen LogP contribution in [0.15, 0.2) is 42.5 Å². The van der Waals surface area contributed by atoms with Gasteiger partial charge in [0.05, 0.1) is 0 Å². The van der Waals surface area contributed by atoms with Crippen LogP contribution in [0.3, 0.4) is 0 Å². The smallest absolute Gasteiger partial charge is 0.0236 e. The first kappa shape index (κ1) is 12.4. The molecule has 0 bridgehead atoms. The van der Waals surface area contributed by atoms with Crippen molar-refractivity contribution >= 4 is 22.4 Å². The van der Waals surface area contributed by atoms with E-state index in [2.05, 4.69) is 54.4 Å². The summed E-state index contributed by atoms with van der Waals surface area (Å²) in [7, 11) is 2.15. The summed E-state index contributed by atoms with van der Waals surface area (Å²) in [5.74, 6) is 0.736. The van der Waals surface area contributed by atoms with E-state index in [1.165, 1.54) is 16.3 Å². The van der Waals surface area contributed by atoms with Gasteiger partial charge >= 0.3 is 0 Å². The third kappa shape index (κ3) is 3.21. The Balaban J connectivity index is 2.18. The van der Waals surface area contributed by atoms with Gasteiger partial charge in [-0.2, -0.15) is 0 Å². The normalized spacial score (nSPS) is 11.2. The summed E-state index contributed by atoms with van der Waals surface area (Å²) in [6, 6.07) is 15.1. The van der Waals surface area contributed by atoms with E-state index < -0.39 is 0 Å². The van der Waals surface area contributed by atoms with Crippen molar-refractivity contribution in [2.75, 3.05) is 19.5 Å². The molecule has 0 saturated carbocycles. The summed E-state index contributed by atoms with van der Waals surface area (Å²) >= 11 is 5.72. The van der Waals surface area contributed by atoms with Gasteiger partial charge in [0.2, 0.25) is 0 Å². The first-order valence-corrected chi connectivity index (χ1v) is 6.56. The minimum Gasteiger partial charge on any atom is -0.302 e. The summed E-state index contributed by atoms with van der Waals surface area (Å²) in [4.78, 5) is 2.32. The maximum Gasteiger partial charge on any atom is 0.0236 e. The third-order valence-electron chi connectivity index (χ3n) is 2.99. The van der Waals surface area contributed by atoms with E-state index in [4.69, 9.17) is 11.6 Å². The van der Waals surface area contributed by atoms with Crippen molar-refractivity contribution in [2.24, 2.45) is 0 Å². The van der Waals surface area contributed by atoms with Crippen molar-refractivity contribution < 1.29 is 0 Å². The molecule has 0 spiro atoms. The second-order valence-electron chi connectivity index (χ2n) is 4.42. The lowest BCUT2D eigenvalue weighted by Crippen LogP contribution is -2.19. The molecule has 0 N–H and O–H groups in total. The molecule has 0 atom stereocenters. The number of fused-ring (bicyclic) bond motifs is 1. The van der Waals surface area contributed by atoms with Crippen molar-refractivity contribution in [1.82, 2.24) is 4.90 Å². The zero-order chi connectivity index (χ0) is 12.1. The minimum atomic E-state index is 0.736. The molecule has 0 amide bonds. The molecule has 1 nitrogen and oxygen atoms in total. The maximum absolute atomic E-state index is 5.72. The maximum atomic E-state index is 5.72. The van der Waals surface area contributed by atoms with E-state index in [-0.39, 0.29) is 0 Å². The molecule has 0 unspecified atom stereocenters. The highest BCUT2D eigenvalue weighted by Gasteiger charge is 2.03. The van der Waals surface area contributed by atoms with E-state index in [9.17, 15) is 0 Å². The zero-order valence-electron chi connectivity index (χ0n) is 10.2. The van der Waals surface area contributed by atoms with Crippen LogP contribution in [-0.2, 0) is 6.54 Å². The number of rotatable bonds is 5.